The summed E-state index contributed by atoms with van der Waals surface area (Å²) in [7, 11) is 0. The lowest BCUT2D eigenvalue weighted by atomic mass is 10.1. The summed E-state index contributed by atoms with van der Waals surface area (Å²) >= 11 is 0. The van der Waals surface area contributed by atoms with Gasteiger partial charge in [0.1, 0.15) is 0 Å². The van der Waals surface area contributed by atoms with Crippen molar-refractivity contribution in [2.45, 2.75) is 32.6 Å². The number of piperidine rings is 1. The molecule has 0 spiro atoms. The molecule has 0 bridgehead atoms. The highest BCUT2D eigenvalue weighted by atomic mass is 15.1. The summed E-state index contributed by atoms with van der Waals surface area (Å²) < 4.78 is 0. The Labute approximate surface area is 109 Å². The standard InChI is InChI=1S/C15H21N3/c1-12-5-6-13(18-9-3-2-4-10-18)11-14-15(12)17-8-7-16-14/h6-8,11,16-17H,2-5,9-10H2,1H3. The number of likely N-dealkylation sites (tertiary alicyclic amines) is 1. The van der Waals surface area contributed by atoms with Crippen LogP contribution < -0.4 is 10.6 Å². The molecule has 0 unspecified atom stereocenters. The van der Waals surface area contributed by atoms with Gasteiger partial charge in [-0.2, -0.15) is 0 Å². The van der Waals surface area contributed by atoms with Gasteiger partial charge in [0.25, 0.3) is 0 Å². The van der Waals surface area contributed by atoms with E-state index in [0.717, 1.165) is 6.42 Å². The van der Waals surface area contributed by atoms with E-state index in [4.69, 9.17) is 0 Å². The maximum absolute atomic E-state index is 3.35. The quantitative estimate of drug-likeness (QED) is 0.741. The molecule has 0 amide bonds. The number of fused-ring (bicyclic) bond motifs is 1. The number of nitrogens with one attached hydrogen (secondary N) is 2. The molecule has 1 fully saturated rings. The lowest BCUT2D eigenvalue weighted by molar-refractivity contribution is 0.292. The number of hydrogen-bond acceptors (Lipinski definition) is 3. The van der Waals surface area contributed by atoms with Crippen LogP contribution >= 0.6 is 0 Å². The zero-order valence-electron chi connectivity index (χ0n) is 11.0. The van der Waals surface area contributed by atoms with Crippen LogP contribution in [0.2, 0.25) is 0 Å². The van der Waals surface area contributed by atoms with Gasteiger partial charge in [-0.3, -0.25) is 0 Å². The summed E-state index contributed by atoms with van der Waals surface area (Å²) in [6.07, 6.45) is 13.6. The van der Waals surface area contributed by atoms with Crippen molar-refractivity contribution in [3.63, 3.8) is 0 Å². The number of hydrogen-bond donors (Lipinski definition) is 2. The first-order chi connectivity index (χ1) is 8.84. The van der Waals surface area contributed by atoms with Crippen molar-refractivity contribution in [1.82, 2.24) is 15.5 Å². The van der Waals surface area contributed by atoms with Gasteiger partial charge in [-0.05, 0) is 44.3 Å². The fraction of sp³-hybridized carbons (Fsp3) is 0.467. The van der Waals surface area contributed by atoms with E-state index in [1.54, 1.807) is 0 Å². The van der Waals surface area contributed by atoms with Crippen molar-refractivity contribution in [2.75, 3.05) is 13.1 Å². The molecule has 2 aliphatic heterocycles. The van der Waals surface area contributed by atoms with Gasteiger partial charge in [0.15, 0.2) is 0 Å². The summed E-state index contributed by atoms with van der Waals surface area (Å²) in [4.78, 5) is 2.52. The van der Waals surface area contributed by atoms with Crippen molar-refractivity contribution < 1.29 is 0 Å². The summed E-state index contributed by atoms with van der Waals surface area (Å²) in [6, 6.07) is 0. The van der Waals surface area contributed by atoms with Crippen molar-refractivity contribution in [1.29, 1.82) is 0 Å². The average Bonchev–Trinajstić information content (AvgIpc) is 2.60. The van der Waals surface area contributed by atoms with Gasteiger partial charge >= 0.3 is 0 Å². The monoisotopic (exact) mass is 243 g/mol. The Hall–Kier alpha value is -1.64. The van der Waals surface area contributed by atoms with Crippen molar-refractivity contribution >= 4 is 0 Å². The molecular weight excluding hydrogens is 222 g/mol. The highest BCUT2D eigenvalue weighted by Gasteiger charge is 2.18. The Morgan fingerprint density at radius 2 is 1.83 bits per heavy atom. The van der Waals surface area contributed by atoms with Gasteiger partial charge in [-0.15, -0.1) is 0 Å². The molecule has 3 heteroatoms. The maximum atomic E-state index is 3.35. The minimum absolute atomic E-state index is 1.03. The Kier molecular flexibility index (Phi) is 3.13. The second kappa shape index (κ2) is 4.92. The molecule has 3 aliphatic rings. The Balaban J connectivity index is 1.87. The highest BCUT2D eigenvalue weighted by Crippen LogP contribution is 2.25. The van der Waals surface area contributed by atoms with Crippen LogP contribution in [-0.4, -0.2) is 18.0 Å². The first kappa shape index (κ1) is 11.5. The fourth-order valence-electron chi connectivity index (χ4n) is 2.81. The largest absolute Gasteiger partial charge is 0.372 e. The van der Waals surface area contributed by atoms with Crippen molar-refractivity contribution in [2.24, 2.45) is 0 Å². The minimum atomic E-state index is 1.03. The molecule has 0 aromatic rings. The Morgan fingerprint density at radius 3 is 2.67 bits per heavy atom. The molecule has 0 aromatic heterocycles. The van der Waals surface area contributed by atoms with Gasteiger partial charge in [-0.25, -0.2) is 0 Å². The van der Waals surface area contributed by atoms with Crippen LogP contribution in [0.5, 0.6) is 0 Å². The smallest absolute Gasteiger partial charge is 0.0639 e. The van der Waals surface area contributed by atoms with E-state index in [9.17, 15) is 0 Å². The third-order valence-electron chi connectivity index (χ3n) is 3.88. The van der Waals surface area contributed by atoms with Crippen LogP contribution in [0.1, 0.15) is 32.6 Å². The van der Waals surface area contributed by atoms with Gasteiger partial charge < -0.3 is 15.5 Å². The summed E-state index contributed by atoms with van der Waals surface area (Å²) in [5, 5.41) is 6.70. The van der Waals surface area contributed by atoms with Crippen LogP contribution in [0.15, 0.2) is 47.2 Å². The van der Waals surface area contributed by atoms with Crippen molar-refractivity contribution in [3.05, 3.63) is 47.2 Å². The van der Waals surface area contributed by atoms with E-state index in [0.29, 0.717) is 0 Å². The van der Waals surface area contributed by atoms with Gasteiger partial charge in [0.05, 0.1) is 11.4 Å². The molecule has 96 valence electrons. The van der Waals surface area contributed by atoms with Crippen molar-refractivity contribution in [3.8, 4) is 0 Å². The number of rotatable bonds is 1. The highest BCUT2D eigenvalue weighted by molar-refractivity contribution is 5.44. The van der Waals surface area contributed by atoms with Gasteiger partial charge in [0.2, 0.25) is 0 Å². The van der Waals surface area contributed by atoms with E-state index in [1.165, 1.54) is 55.0 Å². The fourth-order valence-corrected chi connectivity index (χ4v) is 2.81. The molecule has 3 rings (SSSR count). The molecule has 2 heterocycles. The molecule has 1 aliphatic carbocycles. The third kappa shape index (κ3) is 2.17. The van der Waals surface area contributed by atoms with Crippen LogP contribution in [-0.2, 0) is 0 Å². The predicted octanol–water partition coefficient (Wildman–Crippen LogP) is 2.58. The molecule has 2 N–H and O–H groups in total. The average molecular weight is 243 g/mol. The second-order valence-electron chi connectivity index (χ2n) is 5.22. The SMILES string of the molecule is CC1=C2NC=CNC2=CC(N2CCCCC2)=CC1. The number of allylic oxidation sites excluding steroid dienone is 3. The predicted molar refractivity (Wildman–Crippen MR) is 74.3 cm³/mol. The first-order valence-electron chi connectivity index (χ1n) is 6.89. The minimum Gasteiger partial charge on any atom is -0.372 e. The van der Waals surface area contributed by atoms with E-state index < -0.39 is 0 Å². The maximum Gasteiger partial charge on any atom is 0.0639 e. The summed E-state index contributed by atoms with van der Waals surface area (Å²) in [5.41, 5.74) is 5.21. The first-order valence-corrected chi connectivity index (χ1v) is 6.89. The van der Waals surface area contributed by atoms with Crippen LogP contribution in [0, 0.1) is 0 Å². The van der Waals surface area contributed by atoms with E-state index in [2.05, 4.69) is 34.6 Å². The van der Waals surface area contributed by atoms with Gasteiger partial charge in [-0.1, -0.05) is 6.08 Å². The molecule has 0 radical (unpaired) electrons. The Morgan fingerprint density at radius 1 is 1.06 bits per heavy atom. The lowest BCUT2D eigenvalue weighted by Gasteiger charge is -2.30. The van der Waals surface area contributed by atoms with Gasteiger partial charge in [0, 0.05) is 31.2 Å². The zero-order chi connectivity index (χ0) is 12.4. The second-order valence-corrected chi connectivity index (χ2v) is 5.22. The molecule has 18 heavy (non-hydrogen) atoms. The summed E-state index contributed by atoms with van der Waals surface area (Å²) in [6.45, 7) is 4.60. The third-order valence-corrected chi connectivity index (χ3v) is 3.88. The topological polar surface area (TPSA) is 27.3 Å². The molecule has 0 aromatic carbocycles. The molecular formula is C15H21N3. The lowest BCUT2D eigenvalue weighted by Crippen LogP contribution is -2.29. The van der Waals surface area contributed by atoms with E-state index in [1.807, 2.05) is 12.4 Å². The molecule has 1 saturated heterocycles. The normalized spacial score (nSPS) is 23.5. The molecule has 3 nitrogen and oxygen atoms in total. The number of nitrogens with zero attached hydrogens (tertiary/aromatic N) is 1. The summed E-state index contributed by atoms with van der Waals surface area (Å²) in [5.74, 6) is 0. The van der Waals surface area contributed by atoms with Crippen LogP contribution in [0.4, 0.5) is 0 Å². The van der Waals surface area contributed by atoms with E-state index in [-0.39, 0.29) is 0 Å². The molecule has 0 atom stereocenters. The van der Waals surface area contributed by atoms with Crippen LogP contribution in [0.3, 0.4) is 0 Å². The molecule has 0 saturated carbocycles. The zero-order valence-corrected chi connectivity index (χ0v) is 11.0. The van der Waals surface area contributed by atoms with Crippen LogP contribution in [0.25, 0.3) is 0 Å². The Bertz CT molecular complexity index is 448. The van der Waals surface area contributed by atoms with E-state index >= 15 is 0 Å².